The highest BCUT2D eigenvalue weighted by Crippen LogP contribution is 2.33. The number of carbonyl (C=O) groups is 1. The molecule has 1 fully saturated rings. The number of nitrogens with zero attached hydrogens (tertiary/aromatic N) is 3. The molecule has 8 heteroatoms. The second kappa shape index (κ2) is 5.86. The molecule has 1 saturated heterocycles. The lowest BCUT2D eigenvalue weighted by atomic mass is 10.1. The molecule has 2 aliphatic rings. The molecule has 0 saturated carbocycles. The number of benzene rings is 1. The molecule has 126 valence electrons. The van der Waals surface area contributed by atoms with Gasteiger partial charge in [0.1, 0.15) is 6.04 Å². The van der Waals surface area contributed by atoms with Crippen LogP contribution in [0.1, 0.15) is 23.4 Å². The van der Waals surface area contributed by atoms with E-state index in [1.54, 1.807) is 24.0 Å². The van der Waals surface area contributed by atoms with E-state index < -0.39 is 18.0 Å². The van der Waals surface area contributed by atoms with Gasteiger partial charge in [-0.3, -0.25) is 4.79 Å². The molecule has 7 nitrogen and oxygen atoms in total. The topological polar surface area (TPSA) is 77.7 Å². The van der Waals surface area contributed by atoms with Crippen LogP contribution < -0.4 is 4.74 Å². The van der Waals surface area contributed by atoms with Crippen molar-refractivity contribution in [3.63, 3.8) is 0 Å². The van der Waals surface area contributed by atoms with Crippen LogP contribution >= 0.6 is 0 Å². The minimum atomic E-state index is -0.749. The fourth-order valence-corrected chi connectivity index (χ4v) is 3.07. The van der Waals surface area contributed by atoms with Crippen LogP contribution in [-0.4, -0.2) is 46.9 Å². The maximum atomic E-state index is 13.8. The number of hydrogen-bond acceptors (Lipinski definition) is 6. The van der Waals surface area contributed by atoms with Crippen LogP contribution in [0.5, 0.6) is 5.75 Å². The van der Waals surface area contributed by atoms with Crippen molar-refractivity contribution >= 4 is 5.91 Å². The summed E-state index contributed by atoms with van der Waals surface area (Å²) in [5, 5.41) is 7.80. The highest BCUT2D eigenvalue weighted by molar-refractivity contribution is 5.83. The first-order valence-corrected chi connectivity index (χ1v) is 7.76. The number of carbonyl (C=O) groups excluding carboxylic acids is 1. The minimum Gasteiger partial charge on any atom is -0.477 e. The van der Waals surface area contributed by atoms with Crippen molar-refractivity contribution in [1.82, 2.24) is 15.1 Å². The summed E-state index contributed by atoms with van der Waals surface area (Å²) in [7, 11) is 0. The molecule has 0 spiro atoms. The van der Waals surface area contributed by atoms with Crippen LogP contribution in [0.3, 0.4) is 0 Å². The maximum Gasteiger partial charge on any atom is 0.264 e. The lowest BCUT2D eigenvalue weighted by Crippen LogP contribution is -2.49. The molecule has 0 aliphatic carbocycles. The average Bonchev–Trinajstić information content (AvgIpc) is 3.21. The van der Waals surface area contributed by atoms with E-state index in [0.717, 1.165) is 0 Å². The molecular weight excluding hydrogens is 317 g/mol. The molecule has 0 bridgehead atoms. The smallest absolute Gasteiger partial charge is 0.264 e. The van der Waals surface area contributed by atoms with Crippen LogP contribution in [0.2, 0.25) is 0 Å². The molecule has 1 aromatic heterocycles. The van der Waals surface area contributed by atoms with E-state index in [2.05, 4.69) is 10.2 Å². The number of hydrogen-bond donors (Lipinski definition) is 0. The van der Waals surface area contributed by atoms with E-state index in [1.165, 1.54) is 6.07 Å². The third-order valence-electron chi connectivity index (χ3n) is 4.23. The van der Waals surface area contributed by atoms with Crippen molar-refractivity contribution in [3.8, 4) is 5.75 Å². The lowest BCUT2D eigenvalue weighted by molar-refractivity contribution is -0.148. The van der Waals surface area contributed by atoms with Gasteiger partial charge in [-0.1, -0.05) is 12.1 Å². The fraction of sp³-hybridized carbons (Fsp3) is 0.438. The van der Waals surface area contributed by atoms with Gasteiger partial charge in [-0.2, -0.15) is 0 Å². The van der Waals surface area contributed by atoms with Crippen LogP contribution in [0.4, 0.5) is 4.39 Å². The number of aromatic nitrogens is 2. The zero-order valence-electron chi connectivity index (χ0n) is 13.1. The molecule has 4 rings (SSSR count). The van der Waals surface area contributed by atoms with Gasteiger partial charge >= 0.3 is 0 Å². The Kier molecular flexibility index (Phi) is 3.68. The molecule has 24 heavy (non-hydrogen) atoms. The predicted molar refractivity (Wildman–Crippen MR) is 78.8 cm³/mol. The summed E-state index contributed by atoms with van der Waals surface area (Å²) in [5.41, 5.74) is 0.701. The number of para-hydroxylation sites is 1. The van der Waals surface area contributed by atoms with Gasteiger partial charge in [0.05, 0.1) is 13.2 Å². The number of amides is 1. The van der Waals surface area contributed by atoms with Gasteiger partial charge in [0.25, 0.3) is 5.91 Å². The van der Waals surface area contributed by atoms with Gasteiger partial charge in [-0.25, -0.2) is 4.39 Å². The van der Waals surface area contributed by atoms with Crippen molar-refractivity contribution in [2.24, 2.45) is 0 Å². The second-order valence-electron chi connectivity index (χ2n) is 5.82. The molecular formula is C16H16FN3O4. The van der Waals surface area contributed by atoms with Gasteiger partial charge in [0.15, 0.2) is 17.7 Å². The zero-order valence-corrected chi connectivity index (χ0v) is 13.1. The molecule has 1 amide bonds. The number of ether oxygens (including phenoxy) is 2. The number of morpholine rings is 1. The standard InChI is InChI=1S/C16H16FN3O4/c1-9-18-19-15(23-9)12-8-22-6-5-20(12)16(21)13-7-10-3-2-4-11(17)14(10)24-13/h2-4,12-13H,5-8H2,1H3/t12-,13-/m1/s1. The molecule has 3 heterocycles. The van der Waals surface area contributed by atoms with E-state index in [1.807, 2.05) is 0 Å². The Labute approximate surface area is 137 Å². The number of rotatable bonds is 2. The van der Waals surface area contributed by atoms with Crippen molar-refractivity contribution in [1.29, 1.82) is 0 Å². The predicted octanol–water partition coefficient (Wildman–Crippen LogP) is 1.42. The van der Waals surface area contributed by atoms with E-state index in [-0.39, 0.29) is 18.3 Å². The first-order chi connectivity index (χ1) is 11.6. The summed E-state index contributed by atoms with van der Waals surface area (Å²) in [6.07, 6.45) is -0.402. The first kappa shape index (κ1) is 15.1. The van der Waals surface area contributed by atoms with Crippen LogP contribution in [-0.2, 0) is 16.0 Å². The molecule has 0 unspecified atom stereocenters. The van der Waals surface area contributed by atoms with Gasteiger partial charge in [0.2, 0.25) is 11.8 Å². The van der Waals surface area contributed by atoms with Crippen LogP contribution in [0, 0.1) is 12.7 Å². The van der Waals surface area contributed by atoms with Gasteiger partial charge in [-0.15, -0.1) is 10.2 Å². The van der Waals surface area contributed by atoms with Crippen LogP contribution in [0.15, 0.2) is 22.6 Å². The quantitative estimate of drug-likeness (QED) is 0.827. The average molecular weight is 333 g/mol. The van der Waals surface area contributed by atoms with Crippen molar-refractivity contribution in [2.75, 3.05) is 19.8 Å². The largest absolute Gasteiger partial charge is 0.477 e. The van der Waals surface area contributed by atoms with Crippen molar-refractivity contribution in [3.05, 3.63) is 41.4 Å². The molecule has 2 atom stereocenters. The molecule has 0 radical (unpaired) electrons. The highest BCUT2D eigenvalue weighted by Gasteiger charge is 2.39. The second-order valence-corrected chi connectivity index (χ2v) is 5.82. The zero-order chi connectivity index (χ0) is 16.7. The van der Waals surface area contributed by atoms with E-state index >= 15 is 0 Å². The monoisotopic (exact) mass is 333 g/mol. The summed E-state index contributed by atoms with van der Waals surface area (Å²) in [5.74, 6) is 0.245. The van der Waals surface area contributed by atoms with Crippen LogP contribution in [0.25, 0.3) is 0 Å². The summed E-state index contributed by atoms with van der Waals surface area (Å²) in [6.45, 7) is 2.78. The Hall–Kier alpha value is -2.48. The summed E-state index contributed by atoms with van der Waals surface area (Å²) < 4.78 is 30.3. The Morgan fingerprint density at radius 2 is 2.25 bits per heavy atom. The lowest BCUT2D eigenvalue weighted by Gasteiger charge is -2.34. The number of halogens is 1. The Morgan fingerprint density at radius 1 is 1.38 bits per heavy atom. The minimum absolute atomic E-state index is 0.161. The maximum absolute atomic E-state index is 13.8. The summed E-state index contributed by atoms with van der Waals surface area (Å²) in [6, 6.07) is 4.25. The Morgan fingerprint density at radius 3 is 3.00 bits per heavy atom. The summed E-state index contributed by atoms with van der Waals surface area (Å²) in [4.78, 5) is 14.5. The van der Waals surface area contributed by atoms with Gasteiger partial charge < -0.3 is 18.8 Å². The Balaban J connectivity index is 1.56. The number of fused-ring (bicyclic) bond motifs is 1. The van der Waals surface area contributed by atoms with E-state index in [0.29, 0.717) is 36.9 Å². The van der Waals surface area contributed by atoms with Crippen molar-refractivity contribution in [2.45, 2.75) is 25.5 Å². The molecule has 2 aliphatic heterocycles. The van der Waals surface area contributed by atoms with Crippen molar-refractivity contribution < 1.29 is 23.1 Å². The molecule has 1 aromatic carbocycles. The number of aryl methyl sites for hydroxylation is 1. The first-order valence-electron chi connectivity index (χ1n) is 7.76. The fourth-order valence-electron chi connectivity index (χ4n) is 3.07. The van der Waals surface area contributed by atoms with E-state index in [4.69, 9.17) is 13.9 Å². The third-order valence-corrected chi connectivity index (χ3v) is 4.23. The third kappa shape index (κ3) is 2.52. The molecule has 2 aromatic rings. The highest BCUT2D eigenvalue weighted by atomic mass is 19.1. The SMILES string of the molecule is Cc1nnc([C@H]2COCCN2C(=O)[C@H]2Cc3cccc(F)c3O2)o1. The Bertz CT molecular complexity index is 778. The van der Waals surface area contributed by atoms with Gasteiger partial charge in [0, 0.05) is 25.5 Å². The normalized spacial score (nSPS) is 23.0. The summed E-state index contributed by atoms with van der Waals surface area (Å²) >= 11 is 0. The van der Waals surface area contributed by atoms with E-state index in [9.17, 15) is 9.18 Å². The van der Waals surface area contributed by atoms with Gasteiger partial charge in [-0.05, 0) is 6.07 Å². The molecule has 0 N–H and O–H groups in total.